The highest BCUT2D eigenvalue weighted by Gasteiger charge is 2.14. The fourth-order valence-corrected chi connectivity index (χ4v) is 2.54. The number of carbonyl (C=O) groups is 1. The molecule has 124 valence electrons. The molecule has 1 fully saturated rings. The summed E-state index contributed by atoms with van der Waals surface area (Å²) >= 11 is 0. The molecule has 1 N–H and O–H groups in total. The zero-order valence-electron chi connectivity index (χ0n) is 13.1. The van der Waals surface area contributed by atoms with E-state index >= 15 is 0 Å². The molecule has 23 heavy (non-hydrogen) atoms. The van der Waals surface area contributed by atoms with Crippen molar-refractivity contribution in [3.05, 3.63) is 47.4 Å². The first kappa shape index (κ1) is 15.8. The van der Waals surface area contributed by atoms with E-state index in [1.807, 2.05) is 12.1 Å². The van der Waals surface area contributed by atoms with E-state index in [0.29, 0.717) is 19.8 Å². The smallest absolute Gasteiger partial charge is 0.289 e. The zero-order valence-corrected chi connectivity index (χ0v) is 13.1. The molecule has 1 aromatic carbocycles. The van der Waals surface area contributed by atoms with Crippen molar-refractivity contribution in [2.75, 3.05) is 39.5 Å². The standard InChI is InChI=1S/C17H22N2O4/c20-17(16-13-22-9-10-23-16)18-11-14-1-3-15(4-2-14)12-19-5-7-21-8-6-19/h1-4,13H,5-12H2,(H,18,20). The highest BCUT2D eigenvalue weighted by molar-refractivity contribution is 5.91. The molecule has 0 saturated carbocycles. The number of ether oxygens (including phenoxy) is 3. The Morgan fingerprint density at radius 2 is 1.78 bits per heavy atom. The van der Waals surface area contributed by atoms with E-state index in [-0.39, 0.29) is 11.7 Å². The van der Waals surface area contributed by atoms with Crippen LogP contribution in [0, 0.1) is 0 Å². The number of hydrogen-bond acceptors (Lipinski definition) is 5. The van der Waals surface area contributed by atoms with Crippen LogP contribution in [0.25, 0.3) is 0 Å². The van der Waals surface area contributed by atoms with Gasteiger partial charge in [-0.1, -0.05) is 24.3 Å². The van der Waals surface area contributed by atoms with Gasteiger partial charge < -0.3 is 19.5 Å². The first-order valence-corrected chi connectivity index (χ1v) is 7.92. The number of nitrogens with zero attached hydrogens (tertiary/aromatic N) is 1. The highest BCUT2D eigenvalue weighted by Crippen LogP contribution is 2.10. The molecule has 6 heteroatoms. The summed E-state index contributed by atoms with van der Waals surface area (Å²) in [7, 11) is 0. The first-order chi connectivity index (χ1) is 11.3. The maximum Gasteiger partial charge on any atom is 0.289 e. The Morgan fingerprint density at radius 3 is 2.48 bits per heavy atom. The van der Waals surface area contributed by atoms with Crippen LogP contribution in [0.1, 0.15) is 11.1 Å². The largest absolute Gasteiger partial charge is 0.494 e. The van der Waals surface area contributed by atoms with Gasteiger partial charge in [0.15, 0.2) is 0 Å². The van der Waals surface area contributed by atoms with Gasteiger partial charge in [-0.2, -0.15) is 0 Å². The molecular formula is C17H22N2O4. The zero-order chi connectivity index (χ0) is 15.9. The summed E-state index contributed by atoms with van der Waals surface area (Å²) in [4.78, 5) is 14.3. The second-order valence-electron chi connectivity index (χ2n) is 5.59. The third-order valence-electron chi connectivity index (χ3n) is 3.86. The third-order valence-corrected chi connectivity index (χ3v) is 3.86. The minimum Gasteiger partial charge on any atom is -0.494 e. The van der Waals surface area contributed by atoms with E-state index < -0.39 is 0 Å². The Bertz CT molecular complexity index is 550. The summed E-state index contributed by atoms with van der Waals surface area (Å²) in [6.45, 7) is 5.89. The Hall–Kier alpha value is -2.05. The molecule has 2 aliphatic rings. The van der Waals surface area contributed by atoms with Gasteiger partial charge in [-0.15, -0.1) is 0 Å². The van der Waals surface area contributed by atoms with Gasteiger partial charge in [0.25, 0.3) is 5.91 Å². The fraction of sp³-hybridized carbons (Fsp3) is 0.471. The van der Waals surface area contributed by atoms with Crippen LogP contribution in [0.2, 0.25) is 0 Å². The number of rotatable bonds is 5. The second-order valence-corrected chi connectivity index (χ2v) is 5.59. The van der Waals surface area contributed by atoms with Crippen LogP contribution < -0.4 is 5.32 Å². The van der Waals surface area contributed by atoms with Gasteiger partial charge >= 0.3 is 0 Å². The first-order valence-electron chi connectivity index (χ1n) is 7.92. The number of nitrogens with one attached hydrogen (secondary N) is 1. The summed E-state index contributed by atoms with van der Waals surface area (Å²) in [5.74, 6) is -0.0118. The monoisotopic (exact) mass is 318 g/mol. The summed E-state index contributed by atoms with van der Waals surface area (Å²) < 4.78 is 15.7. The second kappa shape index (κ2) is 7.99. The van der Waals surface area contributed by atoms with Crippen LogP contribution in [0.5, 0.6) is 0 Å². The molecular weight excluding hydrogens is 296 g/mol. The Labute approximate surface area is 136 Å². The van der Waals surface area contributed by atoms with Gasteiger partial charge in [0.05, 0.1) is 13.2 Å². The number of amides is 1. The molecule has 3 rings (SSSR count). The Balaban J connectivity index is 1.47. The van der Waals surface area contributed by atoms with Gasteiger partial charge in [-0.05, 0) is 11.1 Å². The third kappa shape index (κ3) is 4.71. The lowest BCUT2D eigenvalue weighted by Gasteiger charge is -2.26. The van der Waals surface area contributed by atoms with E-state index in [2.05, 4.69) is 22.3 Å². The average Bonchev–Trinajstić information content (AvgIpc) is 2.62. The molecule has 2 aliphatic heterocycles. The van der Waals surface area contributed by atoms with Crippen molar-refractivity contribution in [1.82, 2.24) is 10.2 Å². The average molecular weight is 318 g/mol. The quantitative estimate of drug-likeness (QED) is 0.878. The van der Waals surface area contributed by atoms with Crippen molar-refractivity contribution in [2.24, 2.45) is 0 Å². The topological polar surface area (TPSA) is 60.0 Å². The predicted molar refractivity (Wildman–Crippen MR) is 84.4 cm³/mol. The van der Waals surface area contributed by atoms with Crippen LogP contribution >= 0.6 is 0 Å². The van der Waals surface area contributed by atoms with Crippen LogP contribution in [0.4, 0.5) is 0 Å². The molecule has 0 atom stereocenters. The lowest BCUT2D eigenvalue weighted by atomic mass is 10.1. The molecule has 2 heterocycles. The molecule has 1 amide bonds. The van der Waals surface area contributed by atoms with Crippen LogP contribution in [0.15, 0.2) is 36.3 Å². The number of morpholine rings is 1. The molecule has 0 spiro atoms. The highest BCUT2D eigenvalue weighted by atomic mass is 16.6. The fourth-order valence-electron chi connectivity index (χ4n) is 2.54. The molecule has 6 nitrogen and oxygen atoms in total. The molecule has 0 aromatic heterocycles. The van der Waals surface area contributed by atoms with Crippen molar-refractivity contribution >= 4 is 5.91 Å². The summed E-state index contributed by atoms with van der Waals surface area (Å²) in [5.41, 5.74) is 2.33. The van der Waals surface area contributed by atoms with Crippen molar-refractivity contribution in [3.8, 4) is 0 Å². The van der Waals surface area contributed by atoms with E-state index in [1.54, 1.807) is 0 Å². The predicted octanol–water partition coefficient (Wildman–Crippen LogP) is 1.02. The minimum atomic E-state index is -0.248. The van der Waals surface area contributed by atoms with Crippen LogP contribution in [0.3, 0.4) is 0 Å². The molecule has 0 aliphatic carbocycles. The van der Waals surface area contributed by atoms with E-state index in [9.17, 15) is 4.79 Å². The van der Waals surface area contributed by atoms with Gasteiger partial charge in [0.2, 0.25) is 5.76 Å². The summed E-state index contributed by atoms with van der Waals surface area (Å²) in [6.07, 6.45) is 1.37. The van der Waals surface area contributed by atoms with Gasteiger partial charge in [0.1, 0.15) is 19.5 Å². The minimum absolute atomic E-state index is 0.236. The number of hydrogen-bond donors (Lipinski definition) is 1. The van der Waals surface area contributed by atoms with Crippen LogP contribution in [-0.2, 0) is 32.1 Å². The van der Waals surface area contributed by atoms with Crippen molar-refractivity contribution in [2.45, 2.75) is 13.1 Å². The lowest BCUT2D eigenvalue weighted by Crippen LogP contribution is -2.35. The van der Waals surface area contributed by atoms with E-state index in [4.69, 9.17) is 14.2 Å². The molecule has 0 radical (unpaired) electrons. The normalized spacial score (nSPS) is 18.5. The lowest BCUT2D eigenvalue weighted by molar-refractivity contribution is -0.122. The van der Waals surface area contributed by atoms with Gasteiger partial charge in [-0.3, -0.25) is 9.69 Å². The Kier molecular flexibility index (Phi) is 5.50. The van der Waals surface area contributed by atoms with Crippen molar-refractivity contribution in [3.63, 3.8) is 0 Å². The molecule has 0 bridgehead atoms. The summed E-state index contributed by atoms with van der Waals surface area (Å²) in [6, 6.07) is 8.30. The molecule has 1 aromatic rings. The summed E-state index contributed by atoms with van der Waals surface area (Å²) in [5, 5.41) is 2.83. The Morgan fingerprint density at radius 1 is 1.04 bits per heavy atom. The van der Waals surface area contributed by atoms with Crippen molar-refractivity contribution < 1.29 is 19.0 Å². The maximum atomic E-state index is 11.9. The maximum absolute atomic E-state index is 11.9. The van der Waals surface area contributed by atoms with Gasteiger partial charge in [0, 0.05) is 26.2 Å². The van der Waals surface area contributed by atoms with E-state index in [1.165, 1.54) is 11.8 Å². The van der Waals surface area contributed by atoms with Gasteiger partial charge in [-0.25, -0.2) is 0 Å². The molecule has 1 saturated heterocycles. The van der Waals surface area contributed by atoms with E-state index in [0.717, 1.165) is 38.4 Å². The van der Waals surface area contributed by atoms with Crippen molar-refractivity contribution in [1.29, 1.82) is 0 Å². The number of carbonyl (C=O) groups excluding carboxylic acids is 1. The SMILES string of the molecule is O=C(NCc1ccc(CN2CCOCC2)cc1)C1=COCCO1. The molecule has 0 unspecified atom stereocenters. The number of benzene rings is 1. The van der Waals surface area contributed by atoms with Crippen LogP contribution in [-0.4, -0.2) is 50.3 Å².